The van der Waals surface area contributed by atoms with Gasteiger partial charge in [0.15, 0.2) is 5.13 Å². The number of hydrogen-bond donors (Lipinski definition) is 1. The normalized spacial score (nSPS) is 10.1. The number of thiophene rings is 1. The molecule has 3 rings (SSSR count). The van der Waals surface area contributed by atoms with Gasteiger partial charge in [0.2, 0.25) is 0 Å². The zero-order chi connectivity index (χ0) is 13.2. The van der Waals surface area contributed by atoms with Crippen molar-refractivity contribution >= 4 is 73.7 Å². The fourth-order valence-corrected chi connectivity index (χ4v) is 3.40. The van der Waals surface area contributed by atoms with Crippen molar-refractivity contribution in [1.29, 1.82) is 0 Å². The third kappa shape index (κ3) is 3.54. The van der Waals surface area contributed by atoms with Crippen LogP contribution in [0.15, 0.2) is 41.1 Å². The van der Waals surface area contributed by atoms with Crippen LogP contribution in [0.25, 0.3) is 10.6 Å². The topological polar surface area (TPSA) is 24.9 Å². The number of hydrogen-bond acceptors (Lipinski definition) is 4. The number of nitrogens with one attached hydrogen (secondary N) is 1. The van der Waals surface area contributed by atoms with Gasteiger partial charge >= 0.3 is 0 Å². The zero-order valence-electron chi connectivity index (χ0n) is 9.97. The molecule has 0 aliphatic carbocycles. The van der Waals surface area contributed by atoms with Gasteiger partial charge in [0.25, 0.3) is 0 Å². The highest BCUT2D eigenvalue weighted by Crippen LogP contribution is 2.32. The Morgan fingerprint density at radius 1 is 1.10 bits per heavy atom. The second kappa shape index (κ2) is 6.91. The fourth-order valence-electron chi connectivity index (χ4n) is 1.58. The van der Waals surface area contributed by atoms with Crippen LogP contribution in [0.2, 0.25) is 10.0 Å². The molecule has 0 radical (unpaired) electrons. The van der Waals surface area contributed by atoms with E-state index >= 15 is 0 Å². The average Bonchev–Trinajstić information content (AvgIpc) is 3.04. The summed E-state index contributed by atoms with van der Waals surface area (Å²) >= 11 is 15.3. The number of anilines is 2. The summed E-state index contributed by atoms with van der Waals surface area (Å²) in [5.41, 5.74) is 1.74. The first-order valence-corrected chi connectivity index (χ1v) is 7.95. The molecule has 0 fully saturated rings. The molecule has 2 aromatic heterocycles. The van der Waals surface area contributed by atoms with Gasteiger partial charge in [-0.3, -0.25) is 0 Å². The zero-order valence-corrected chi connectivity index (χ0v) is 14.8. The van der Waals surface area contributed by atoms with Gasteiger partial charge in [-0.25, -0.2) is 4.98 Å². The van der Waals surface area contributed by atoms with Crippen LogP contribution in [0.3, 0.4) is 0 Å². The summed E-state index contributed by atoms with van der Waals surface area (Å²) in [6, 6.07) is 9.38. The van der Waals surface area contributed by atoms with Crippen molar-refractivity contribution in [2.45, 2.75) is 0 Å². The number of nitrogens with zero attached hydrogens (tertiary/aromatic N) is 1. The lowest BCUT2D eigenvalue weighted by molar-refractivity contribution is 1.40. The van der Waals surface area contributed by atoms with E-state index in [1.54, 1.807) is 29.5 Å². The van der Waals surface area contributed by atoms with Crippen LogP contribution < -0.4 is 5.32 Å². The van der Waals surface area contributed by atoms with E-state index in [-0.39, 0.29) is 17.0 Å². The lowest BCUT2D eigenvalue weighted by atomic mass is 10.3. The summed E-state index contributed by atoms with van der Waals surface area (Å²) in [5, 5.41) is 9.31. The van der Waals surface area contributed by atoms with Crippen molar-refractivity contribution in [1.82, 2.24) is 4.98 Å². The lowest BCUT2D eigenvalue weighted by Crippen LogP contribution is -1.90. The Labute approximate surface area is 145 Å². The maximum absolute atomic E-state index is 6.11. The summed E-state index contributed by atoms with van der Waals surface area (Å²) in [7, 11) is 0. The van der Waals surface area contributed by atoms with Crippen LogP contribution in [0.4, 0.5) is 10.8 Å². The van der Waals surface area contributed by atoms with E-state index < -0.39 is 0 Å². The highest BCUT2D eigenvalue weighted by atomic mass is 79.9. The van der Waals surface area contributed by atoms with Gasteiger partial charge < -0.3 is 5.32 Å². The average molecular weight is 408 g/mol. The molecule has 0 saturated carbocycles. The van der Waals surface area contributed by atoms with Crippen LogP contribution in [0.1, 0.15) is 0 Å². The molecular weight excluding hydrogens is 399 g/mol. The van der Waals surface area contributed by atoms with E-state index in [0.29, 0.717) is 10.0 Å². The van der Waals surface area contributed by atoms with E-state index in [1.165, 1.54) is 11.3 Å². The first-order valence-electron chi connectivity index (χ1n) is 5.44. The molecule has 0 aliphatic rings. The van der Waals surface area contributed by atoms with Crippen molar-refractivity contribution < 1.29 is 0 Å². The molecule has 0 aliphatic heterocycles. The van der Waals surface area contributed by atoms with Crippen molar-refractivity contribution in [3.8, 4) is 10.6 Å². The second-order valence-electron chi connectivity index (χ2n) is 3.76. The van der Waals surface area contributed by atoms with Gasteiger partial charge in [0.1, 0.15) is 0 Å². The Morgan fingerprint density at radius 2 is 1.95 bits per heavy atom. The van der Waals surface area contributed by atoms with E-state index in [4.69, 9.17) is 23.2 Å². The van der Waals surface area contributed by atoms with Crippen LogP contribution >= 0.6 is 62.9 Å². The van der Waals surface area contributed by atoms with Crippen molar-refractivity contribution in [2.24, 2.45) is 0 Å². The Bertz CT molecular complexity index is 698. The van der Waals surface area contributed by atoms with Gasteiger partial charge in [-0.1, -0.05) is 29.3 Å². The quantitative estimate of drug-likeness (QED) is 0.535. The summed E-state index contributed by atoms with van der Waals surface area (Å²) in [4.78, 5) is 5.69. The maximum Gasteiger partial charge on any atom is 0.187 e. The van der Waals surface area contributed by atoms with Crippen LogP contribution in [0, 0.1) is 0 Å². The van der Waals surface area contributed by atoms with Crippen LogP contribution in [0.5, 0.6) is 0 Å². The molecule has 104 valence electrons. The molecule has 0 spiro atoms. The molecular formula is C13H9BrCl2N2S2. The largest absolute Gasteiger partial charge is 0.330 e. The lowest BCUT2D eigenvalue weighted by Gasteiger charge is -2.05. The third-order valence-corrected chi connectivity index (χ3v) is 4.66. The highest BCUT2D eigenvalue weighted by molar-refractivity contribution is 8.93. The van der Waals surface area contributed by atoms with Gasteiger partial charge in [0.05, 0.1) is 21.3 Å². The number of halogens is 3. The summed E-state index contributed by atoms with van der Waals surface area (Å²) < 4.78 is 0. The van der Waals surface area contributed by atoms with Gasteiger partial charge in [-0.2, -0.15) is 0 Å². The molecule has 2 heterocycles. The third-order valence-electron chi connectivity index (χ3n) is 2.45. The number of rotatable bonds is 3. The van der Waals surface area contributed by atoms with E-state index in [9.17, 15) is 0 Å². The summed E-state index contributed by atoms with van der Waals surface area (Å²) in [6.45, 7) is 0. The first-order chi connectivity index (χ1) is 9.22. The van der Waals surface area contributed by atoms with E-state index in [0.717, 1.165) is 21.4 Å². The highest BCUT2D eigenvalue weighted by Gasteiger charge is 2.07. The van der Waals surface area contributed by atoms with E-state index in [2.05, 4.69) is 16.4 Å². The molecule has 2 nitrogen and oxygen atoms in total. The van der Waals surface area contributed by atoms with Crippen molar-refractivity contribution in [2.75, 3.05) is 5.32 Å². The Balaban J connectivity index is 0.00000147. The van der Waals surface area contributed by atoms with Gasteiger partial charge in [0, 0.05) is 10.4 Å². The SMILES string of the molecule is Br.Clc1ccc(Cl)c(Nc2nc(-c3cccs3)cs2)c1. The molecule has 3 aromatic rings. The molecule has 0 amide bonds. The predicted octanol–water partition coefficient (Wildman–Crippen LogP) is 6.50. The Kier molecular flexibility index (Phi) is 5.46. The second-order valence-corrected chi connectivity index (χ2v) is 6.41. The summed E-state index contributed by atoms with van der Waals surface area (Å²) in [5.74, 6) is 0. The monoisotopic (exact) mass is 406 g/mol. The molecule has 0 unspecified atom stereocenters. The molecule has 0 atom stereocenters. The Hall–Kier alpha value is -0.590. The molecule has 0 bridgehead atoms. The fraction of sp³-hybridized carbons (Fsp3) is 0. The minimum Gasteiger partial charge on any atom is -0.330 e. The first kappa shape index (κ1) is 15.8. The standard InChI is InChI=1S/C13H8Cl2N2S2.BrH/c14-8-3-4-9(15)10(6-8)16-13-17-11(7-19-13)12-2-1-5-18-12;/h1-7H,(H,16,17);1H. The molecule has 7 heteroatoms. The number of benzene rings is 1. The molecule has 1 N–H and O–H groups in total. The van der Waals surface area contributed by atoms with Crippen molar-refractivity contribution in [3.05, 3.63) is 51.1 Å². The molecule has 0 saturated heterocycles. The number of aromatic nitrogens is 1. The molecule has 20 heavy (non-hydrogen) atoms. The van der Waals surface area contributed by atoms with Gasteiger partial charge in [-0.05, 0) is 29.6 Å². The van der Waals surface area contributed by atoms with Crippen molar-refractivity contribution in [3.63, 3.8) is 0 Å². The minimum absolute atomic E-state index is 0. The summed E-state index contributed by atoms with van der Waals surface area (Å²) in [6.07, 6.45) is 0. The van der Waals surface area contributed by atoms with Gasteiger partial charge in [-0.15, -0.1) is 39.7 Å². The predicted molar refractivity (Wildman–Crippen MR) is 95.5 cm³/mol. The Morgan fingerprint density at radius 3 is 2.70 bits per heavy atom. The molecule has 1 aromatic carbocycles. The van der Waals surface area contributed by atoms with Crippen LogP contribution in [-0.2, 0) is 0 Å². The smallest absolute Gasteiger partial charge is 0.187 e. The van der Waals surface area contributed by atoms with Crippen LogP contribution in [-0.4, -0.2) is 4.98 Å². The maximum atomic E-state index is 6.11. The minimum atomic E-state index is 0. The number of thiazole rings is 1. The van der Waals surface area contributed by atoms with E-state index in [1.807, 2.05) is 16.8 Å².